The van der Waals surface area contributed by atoms with Crippen LogP contribution in [0.3, 0.4) is 0 Å². The summed E-state index contributed by atoms with van der Waals surface area (Å²) in [7, 11) is 1.28. The summed E-state index contributed by atoms with van der Waals surface area (Å²) >= 11 is 0. The highest BCUT2D eigenvalue weighted by Crippen LogP contribution is 2.40. The molecule has 1 aliphatic rings. The van der Waals surface area contributed by atoms with E-state index < -0.39 is 23.2 Å². The van der Waals surface area contributed by atoms with Crippen molar-refractivity contribution in [2.24, 2.45) is 0 Å². The number of nitrogens with one attached hydrogen (secondary N) is 2. The Hall–Kier alpha value is -4.02. The third-order valence-corrected chi connectivity index (χ3v) is 5.63. The van der Waals surface area contributed by atoms with E-state index in [2.05, 4.69) is 15.8 Å². The minimum Gasteiger partial charge on any atom is -0.497 e. The van der Waals surface area contributed by atoms with Crippen LogP contribution in [0.5, 0.6) is 17.2 Å². The van der Waals surface area contributed by atoms with Crippen molar-refractivity contribution in [3.8, 4) is 17.2 Å². The first-order chi connectivity index (χ1) is 16.6. The lowest BCUT2D eigenvalue weighted by Gasteiger charge is -2.17. The molecule has 0 bridgehead atoms. The number of amides is 2. The van der Waals surface area contributed by atoms with E-state index in [4.69, 9.17) is 14.0 Å². The van der Waals surface area contributed by atoms with E-state index in [-0.39, 0.29) is 35.3 Å². The maximum Gasteiger partial charge on any atom is 0.420 e. The molecule has 3 aromatic rings. The summed E-state index contributed by atoms with van der Waals surface area (Å²) in [5.41, 5.74) is -0.961. The van der Waals surface area contributed by atoms with Crippen molar-refractivity contribution >= 4 is 11.8 Å². The lowest BCUT2D eigenvalue weighted by molar-refractivity contribution is -0.138. The standard InChI is InChI=1S/C24H22F3N3O5/c1-14-18(13-29-35-14)21(31)30-23(9-10-23)22(32)28-12-15-3-5-16(6-4-15)34-20-8-7-17(33-2)11-19(20)24(25,26)27/h3-8,11,13H,9-10,12H2,1-2H3,(H,28,32)(H,30,31). The number of halogens is 3. The highest BCUT2D eigenvalue weighted by Gasteiger charge is 2.51. The van der Waals surface area contributed by atoms with Crippen LogP contribution in [0.1, 0.15) is 40.1 Å². The van der Waals surface area contributed by atoms with Crippen molar-refractivity contribution in [1.82, 2.24) is 15.8 Å². The molecule has 0 aliphatic heterocycles. The molecule has 1 aromatic heterocycles. The van der Waals surface area contributed by atoms with Crippen LogP contribution >= 0.6 is 0 Å². The SMILES string of the molecule is COc1ccc(Oc2ccc(CNC(=O)C3(NC(=O)c4cnoc4C)CC3)cc2)c(C(F)(F)F)c1. The van der Waals surface area contributed by atoms with Crippen LogP contribution in [0.25, 0.3) is 0 Å². The summed E-state index contributed by atoms with van der Waals surface area (Å²) in [5.74, 6) is -0.488. The molecule has 0 saturated heterocycles. The van der Waals surface area contributed by atoms with Crippen LogP contribution < -0.4 is 20.1 Å². The largest absolute Gasteiger partial charge is 0.497 e. The van der Waals surface area contributed by atoms with Gasteiger partial charge in [-0.15, -0.1) is 0 Å². The fraction of sp³-hybridized carbons (Fsp3) is 0.292. The molecular weight excluding hydrogens is 467 g/mol. The summed E-state index contributed by atoms with van der Waals surface area (Å²) in [4.78, 5) is 25.1. The van der Waals surface area contributed by atoms with Crippen molar-refractivity contribution in [3.63, 3.8) is 0 Å². The molecule has 0 unspecified atom stereocenters. The quantitative estimate of drug-likeness (QED) is 0.487. The van der Waals surface area contributed by atoms with Crippen molar-refractivity contribution in [3.05, 3.63) is 71.1 Å². The van der Waals surface area contributed by atoms with Gasteiger partial charge in [0.05, 0.1) is 13.3 Å². The van der Waals surface area contributed by atoms with E-state index in [1.807, 2.05) is 0 Å². The highest BCUT2D eigenvalue weighted by atomic mass is 19.4. The van der Waals surface area contributed by atoms with E-state index in [9.17, 15) is 22.8 Å². The van der Waals surface area contributed by atoms with Gasteiger partial charge in [-0.25, -0.2) is 0 Å². The van der Waals surface area contributed by atoms with Gasteiger partial charge in [0.1, 0.15) is 39.7 Å². The smallest absolute Gasteiger partial charge is 0.420 e. The van der Waals surface area contributed by atoms with Crippen molar-refractivity contribution in [2.75, 3.05) is 7.11 Å². The Kier molecular flexibility index (Phi) is 6.42. The predicted molar refractivity (Wildman–Crippen MR) is 117 cm³/mol. The maximum absolute atomic E-state index is 13.4. The average Bonchev–Trinajstić information content (AvgIpc) is 3.48. The van der Waals surface area contributed by atoms with Crippen LogP contribution in [-0.2, 0) is 17.5 Å². The van der Waals surface area contributed by atoms with Gasteiger partial charge in [0.25, 0.3) is 5.91 Å². The van der Waals surface area contributed by atoms with Crippen molar-refractivity contribution in [1.29, 1.82) is 0 Å². The van der Waals surface area contributed by atoms with Crippen molar-refractivity contribution < 1.29 is 36.8 Å². The highest BCUT2D eigenvalue weighted by molar-refractivity contribution is 6.00. The second-order valence-corrected chi connectivity index (χ2v) is 8.12. The summed E-state index contributed by atoms with van der Waals surface area (Å²) in [6.45, 7) is 1.77. The van der Waals surface area contributed by atoms with Gasteiger partial charge < -0.3 is 24.6 Å². The Morgan fingerprint density at radius 3 is 2.37 bits per heavy atom. The fourth-order valence-corrected chi connectivity index (χ4v) is 3.44. The minimum absolute atomic E-state index is 0.0666. The molecule has 2 N–H and O–H groups in total. The molecule has 2 aromatic carbocycles. The first-order valence-electron chi connectivity index (χ1n) is 10.7. The summed E-state index contributed by atoms with van der Waals surface area (Å²) in [5, 5.41) is 9.08. The van der Waals surface area contributed by atoms with Crippen molar-refractivity contribution in [2.45, 2.75) is 38.0 Å². The number of methoxy groups -OCH3 is 1. The third kappa shape index (κ3) is 5.39. The number of nitrogens with zero attached hydrogens (tertiary/aromatic N) is 1. The molecule has 1 aliphatic carbocycles. The van der Waals surface area contributed by atoms with Crippen LogP contribution in [0.15, 0.2) is 53.2 Å². The first kappa shape index (κ1) is 24.1. The van der Waals surface area contributed by atoms with Gasteiger partial charge in [0.15, 0.2) is 0 Å². The predicted octanol–water partition coefficient (Wildman–Crippen LogP) is 4.38. The zero-order valence-corrected chi connectivity index (χ0v) is 18.9. The van der Waals surface area contributed by atoms with Gasteiger partial charge >= 0.3 is 6.18 Å². The Balaban J connectivity index is 1.36. The van der Waals surface area contributed by atoms with Gasteiger partial charge in [-0.3, -0.25) is 9.59 Å². The van der Waals surface area contributed by atoms with E-state index in [0.29, 0.717) is 24.2 Å². The van der Waals surface area contributed by atoms with Crippen LogP contribution in [0, 0.1) is 6.92 Å². The van der Waals surface area contributed by atoms with Gasteiger partial charge in [0.2, 0.25) is 5.91 Å². The number of aromatic nitrogens is 1. The fourth-order valence-electron chi connectivity index (χ4n) is 3.44. The molecule has 0 spiro atoms. The number of benzene rings is 2. The molecule has 35 heavy (non-hydrogen) atoms. The Morgan fingerprint density at radius 2 is 1.80 bits per heavy atom. The third-order valence-electron chi connectivity index (χ3n) is 5.63. The number of alkyl halides is 3. The number of hydrogen-bond acceptors (Lipinski definition) is 6. The summed E-state index contributed by atoms with van der Waals surface area (Å²) < 4.78 is 55.3. The second kappa shape index (κ2) is 9.32. The zero-order chi connectivity index (χ0) is 25.2. The van der Waals surface area contributed by atoms with E-state index in [1.54, 1.807) is 19.1 Å². The van der Waals surface area contributed by atoms with Crippen LogP contribution in [0.4, 0.5) is 13.2 Å². The number of carbonyl (C=O) groups is 2. The van der Waals surface area contributed by atoms with Gasteiger partial charge in [-0.1, -0.05) is 17.3 Å². The van der Waals surface area contributed by atoms with E-state index in [0.717, 1.165) is 6.07 Å². The topological polar surface area (TPSA) is 103 Å². The molecule has 184 valence electrons. The van der Waals surface area contributed by atoms with E-state index in [1.165, 1.54) is 37.6 Å². The monoisotopic (exact) mass is 489 g/mol. The molecule has 1 fully saturated rings. The molecule has 1 saturated carbocycles. The number of ether oxygens (including phenoxy) is 2. The first-order valence-corrected chi connectivity index (χ1v) is 10.7. The molecule has 1 heterocycles. The lowest BCUT2D eigenvalue weighted by atomic mass is 10.1. The summed E-state index contributed by atoms with van der Waals surface area (Å²) in [6.07, 6.45) is -2.31. The van der Waals surface area contributed by atoms with Gasteiger partial charge in [0, 0.05) is 6.54 Å². The van der Waals surface area contributed by atoms with Crippen LogP contribution in [0.2, 0.25) is 0 Å². The Morgan fingerprint density at radius 1 is 1.11 bits per heavy atom. The molecule has 2 amide bonds. The number of rotatable bonds is 8. The normalized spacial score (nSPS) is 14.2. The molecule has 11 heteroatoms. The average molecular weight is 489 g/mol. The van der Waals surface area contributed by atoms with Gasteiger partial charge in [-0.2, -0.15) is 13.2 Å². The Labute approximate surface area is 198 Å². The molecule has 0 atom stereocenters. The number of carbonyl (C=O) groups excluding carboxylic acids is 2. The molecular formula is C24H22F3N3O5. The Bertz CT molecular complexity index is 1230. The second-order valence-electron chi connectivity index (χ2n) is 8.12. The molecule has 8 nitrogen and oxygen atoms in total. The minimum atomic E-state index is -4.62. The zero-order valence-electron chi connectivity index (χ0n) is 18.9. The van der Waals surface area contributed by atoms with Crippen LogP contribution in [-0.4, -0.2) is 29.6 Å². The number of hydrogen-bond donors (Lipinski definition) is 2. The lowest BCUT2D eigenvalue weighted by Crippen LogP contribution is -2.48. The molecule has 0 radical (unpaired) electrons. The number of aryl methyl sites for hydroxylation is 1. The summed E-state index contributed by atoms with van der Waals surface area (Å²) in [6, 6.07) is 9.72. The van der Waals surface area contributed by atoms with Gasteiger partial charge in [-0.05, 0) is 55.7 Å². The molecule has 4 rings (SSSR count). The van der Waals surface area contributed by atoms with E-state index >= 15 is 0 Å². The maximum atomic E-state index is 13.4.